The lowest BCUT2D eigenvalue weighted by atomic mass is 9.88. The molecule has 24 heavy (non-hydrogen) atoms. The van der Waals surface area contributed by atoms with Gasteiger partial charge in [0.15, 0.2) is 0 Å². The lowest BCUT2D eigenvalue weighted by molar-refractivity contribution is -0.156. The summed E-state index contributed by atoms with van der Waals surface area (Å²) in [5.41, 5.74) is 0. The number of hydrogen-bond acceptors (Lipinski definition) is 5. The summed E-state index contributed by atoms with van der Waals surface area (Å²) >= 11 is 1.57. The Bertz CT molecular complexity index is 669. The Labute approximate surface area is 145 Å². The first-order valence-electron chi connectivity index (χ1n) is 8.10. The van der Waals surface area contributed by atoms with E-state index in [0.29, 0.717) is 19.4 Å². The Morgan fingerprint density at radius 3 is 3.04 bits per heavy atom. The topological polar surface area (TPSA) is 64.4 Å². The Balaban J connectivity index is 1.58. The van der Waals surface area contributed by atoms with Crippen molar-refractivity contribution in [3.05, 3.63) is 40.8 Å². The molecular weight excluding hydrogens is 326 g/mol. The van der Waals surface area contributed by atoms with Crippen molar-refractivity contribution in [2.45, 2.75) is 31.8 Å². The van der Waals surface area contributed by atoms with Crippen LogP contribution >= 0.6 is 11.3 Å². The summed E-state index contributed by atoms with van der Waals surface area (Å²) in [7, 11) is 1.77. The van der Waals surface area contributed by atoms with Gasteiger partial charge in [-0.25, -0.2) is 0 Å². The average molecular weight is 347 g/mol. The number of carbonyl (C=O) groups is 2. The number of carbonyl (C=O) groups excluding carboxylic acids is 2. The van der Waals surface area contributed by atoms with Crippen LogP contribution in [0.1, 0.15) is 30.2 Å². The standard InChI is InChI=1S/C17H21N3O3S/c1-19-15(21)7-6-13(16(19)14-5-2-12-24-14)17(22)23-11-4-10-20-9-3-8-18-20/h2-3,5,8-9,12-13,16H,4,6-7,10-11H2,1H3/t13-,16+/m1/s1. The number of hydrogen-bond donors (Lipinski definition) is 0. The van der Waals surface area contributed by atoms with E-state index in [-0.39, 0.29) is 23.8 Å². The van der Waals surface area contributed by atoms with Gasteiger partial charge < -0.3 is 9.64 Å². The van der Waals surface area contributed by atoms with Crippen LogP contribution in [0.2, 0.25) is 0 Å². The number of thiophene rings is 1. The maximum atomic E-state index is 12.5. The summed E-state index contributed by atoms with van der Waals surface area (Å²) in [6, 6.07) is 5.57. The highest BCUT2D eigenvalue weighted by atomic mass is 32.1. The van der Waals surface area contributed by atoms with Gasteiger partial charge in [0, 0.05) is 43.7 Å². The highest BCUT2D eigenvalue weighted by molar-refractivity contribution is 7.10. The number of rotatable bonds is 6. The molecule has 0 radical (unpaired) electrons. The fourth-order valence-electron chi connectivity index (χ4n) is 3.07. The van der Waals surface area contributed by atoms with Gasteiger partial charge in [-0.1, -0.05) is 6.07 Å². The van der Waals surface area contributed by atoms with E-state index in [1.807, 2.05) is 34.5 Å². The maximum Gasteiger partial charge on any atom is 0.311 e. The molecule has 0 saturated carbocycles. The molecule has 2 aromatic rings. The van der Waals surface area contributed by atoms with Gasteiger partial charge in [-0.3, -0.25) is 14.3 Å². The molecule has 2 aromatic heterocycles. The van der Waals surface area contributed by atoms with Crippen molar-refractivity contribution in [1.29, 1.82) is 0 Å². The monoisotopic (exact) mass is 347 g/mol. The van der Waals surface area contributed by atoms with Gasteiger partial charge >= 0.3 is 5.97 Å². The van der Waals surface area contributed by atoms with Crippen LogP contribution < -0.4 is 0 Å². The molecule has 7 heteroatoms. The van der Waals surface area contributed by atoms with E-state index in [9.17, 15) is 9.59 Å². The lowest BCUT2D eigenvalue weighted by Gasteiger charge is -2.37. The van der Waals surface area contributed by atoms with E-state index in [2.05, 4.69) is 5.10 Å². The molecule has 2 atom stereocenters. The predicted molar refractivity (Wildman–Crippen MR) is 90.4 cm³/mol. The molecule has 0 aliphatic carbocycles. The highest BCUT2D eigenvalue weighted by Crippen LogP contribution is 2.38. The highest BCUT2D eigenvalue weighted by Gasteiger charge is 2.40. The van der Waals surface area contributed by atoms with Crippen molar-refractivity contribution in [2.24, 2.45) is 5.92 Å². The Morgan fingerprint density at radius 2 is 2.33 bits per heavy atom. The fourth-order valence-corrected chi connectivity index (χ4v) is 4.01. The third-order valence-electron chi connectivity index (χ3n) is 4.33. The molecule has 1 saturated heterocycles. The summed E-state index contributed by atoms with van der Waals surface area (Å²) < 4.78 is 7.29. The molecular formula is C17H21N3O3S. The Hall–Kier alpha value is -2.15. The summed E-state index contributed by atoms with van der Waals surface area (Å²) in [6.07, 6.45) is 5.27. The minimum absolute atomic E-state index is 0.0798. The number of aryl methyl sites for hydroxylation is 1. The van der Waals surface area contributed by atoms with E-state index < -0.39 is 0 Å². The fraction of sp³-hybridized carbons (Fsp3) is 0.471. The summed E-state index contributed by atoms with van der Waals surface area (Å²) in [5, 5.41) is 6.09. The van der Waals surface area contributed by atoms with Gasteiger partial charge in [0.25, 0.3) is 0 Å². The van der Waals surface area contributed by atoms with Crippen LogP contribution in [0.25, 0.3) is 0 Å². The van der Waals surface area contributed by atoms with Gasteiger partial charge in [-0.05, 0) is 23.9 Å². The molecule has 3 rings (SSSR count). The lowest BCUT2D eigenvalue weighted by Crippen LogP contribution is -2.43. The van der Waals surface area contributed by atoms with Crippen LogP contribution in [0.4, 0.5) is 0 Å². The van der Waals surface area contributed by atoms with Gasteiger partial charge in [0.2, 0.25) is 5.91 Å². The second-order valence-electron chi connectivity index (χ2n) is 5.90. The van der Waals surface area contributed by atoms with Crippen molar-refractivity contribution in [3.8, 4) is 0 Å². The van der Waals surface area contributed by atoms with Crippen molar-refractivity contribution in [1.82, 2.24) is 14.7 Å². The number of likely N-dealkylation sites (tertiary alicyclic amines) is 1. The van der Waals surface area contributed by atoms with Crippen molar-refractivity contribution < 1.29 is 14.3 Å². The van der Waals surface area contributed by atoms with Crippen LogP contribution in [-0.4, -0.2) is 40.2 Å². The molecule has 0 bridgehead atoms. The number of esters is 1. The molecule has 6 nitrogen and oxygen atoms in total. The smallest absolute Gasteiger partial charge is 0.311 e. The molecule has 0 aromatic carbocycles. The first-order chi connectivity index (χ1) is 11.7. The Morgan fingerprint density at radius 1 is 1.46 bits per heavy atom. The number of amides is 1. The van der Waals surface area contributed by atoms with Gasteiger partial charge in [0.1, 0.15) is 0 Å². The molecule has 3 heterocycles. The zero-order valence-electron chi connectivity index (χ0n) is 13.6. The third kappa shape index (κ3) is 3.67. The van der Waals surface area contributed by atoms with Crippen LogP contribution in [-0.2, 0) is 20.9 Å². The van der Waals surface area contributed by atoms with E-state index in [1.54, 1.807) is 29.5 Å². The molecule has 0 unspecified atom stereocenters. The van der Waals surface area contributed by atoms with E-state index in [0.717, 1.165) is 17.8 Å². The van der Waals surface area contributed by atoms with Gasteiger partial charge in [-0.2, -0.15) is 5.10 Å². The second-order valence-corrected chi connectivity index (χ2v) is 6.88. The Kier molecular flexibility index (Phi) is 5.30. The van der Waals surface area contributed by atoms with Gasteiger partial charge in [0.05, 0.1) is 18.6 Å². The van der Waals surface area contributed by atoms with Crippen molar-refractivity contribution in [3.63, 3.8) is 0 Å². The van der Waals surface area contributed by atoms with Crippen LogP contribution in [0, 0.1) is 5.92 Å². The number of piperidine rings is 1. The second kappa shape index (κ2) is 7.61. The van der Waals surface area contributed by atoms with Gasteiger partial charge in [-0.15, -0.1) is 11.3 Å². The zero-order valence-corrected chi connectivity index (χ0v) is 14.4. The normalized spacial score (nSPS) is 21.0. The van der Waals surface area contributed by atoms with Crippen LogP contribution in [0.15, 0.2) is 36.0 Å². The minimum Gasteiger partial charge on any atom is -0.465 e. The molecule has 0 spiro atoms. The number of aromatic nitrogens is 2. The first-order valence-corrected chi connectivity index (χ1v) is 8.98. The van der Waals surface area contributed by atoms with Crippen molar-refractivity contribution in [2.75, 3.05) is 13.7 Å². The maximum absolute atomic E-state index is 12.5. The summed E-state index contributed by atoms with van der Waals surface area (Å²) in [5.74, 6) is -0.430. The summed E-state index contributed by atoms with van der Waals surface area (Å²) in [4.78, 5) is 27.3. The molecule has 1 aliphatic heterocycles. The third-order valence-corrected chi connectivity index (χ3v) is 5.28. The predicted octanol–water partition coefficient (Wildman–Crippen LogP) is 2.49. The molecule has 128 valence electrons. The van der Waals surface area contributed by atoms with E-state index in [1.165, 1.54) is 0 Å². The molecule has 1 amide bonds. The molecule has 0 N–H and O–H groups in total. The van der Waals surface area contributed by atoms with Crippen LogP contribution in [0.3, 0.4) is 0 Å². The van der Waals surface area contributed by atoms with E-state index >= 15 is 0 Å². The molecule has 1 fully saturated rings. The zero-order chi connectivity index (χ0) is 16.9. The average Bonchev–Trinajstić information content (AvgIpc) is 3.27. The summed E-state index contributed by atoms with van der Waals surface area (Å²) in [6.45, 7) is 1.09. The largest absolute Gasteiger partial charge is 0.465 e. The molecule has 1 aliphatic rings. The minimum atomic E-state index is -0.295. The SMILES string of the molecule is CN1C(=O)CC[C@@H](C(=O)OCCCn2cccn2)[C@H]1c1cccs1. The van der Waals surface area contributed by atoms with E-state index in [4.69, 9.17) is 4.74 Å². The number of ether oxygens (including phenoxy) is 1. The number of nitrogens with zero attached hydrogens (tertiary/aromatic N) is 3. The quantitative estimate of drug-likeness (QED) is 0.595. The van der Waals surface area contributed by atoms with Crippen molar-refractivity contribution >= 4 is 23.2 Å². The first kappa shape index (κ1) is 16.7. The van der Waals surface area contributed by atoms with Crippen LogP contribution in [0.5, 0.6) is 0 Å².